The lowest BCUT2D eigenvalue weighted by atomic mass is 9.90. The van der Waals surface area contributed by atoms with Crippen molar-refractivity contribution in [2.24, 2.45) is 0 Å². The Balaban J connectivity index is 2.14. The summed E-state index contributed by atoms with van der Waals surface area (Å²) in [5.74, 6) is 0. The van der Waals surface area contributed by atoms with Gasteiger partial charge >= 0.3 is 0 Å². The molecule has 2 nitrogen and oxygen atoms in total. The first-order valence-corrected chi connectivity index (χ1v) is 6.76. The van der Waals surface area contributed by atoms with Crippen molar-refractivity contribution in [3.05, 3.63) is 29.8 Å². The molecular formula is C15H24N2. The van der Waals surface area contributed by atoms with Crippen molar-refractivity contribution >= 4 is 5.69 Å². The van der Waals surface area contributed by atoms with Gasteiger partial charge in [0.05, 0.1) is 0 Å². The quantitative estimate of drug-likeness (QED) is 0.862. The third kappa shape index (κ3) is 2.63. The van der Waals surface area contributed by atoms with Gasteiger partial charge in [0.15, 0.2) is 0 Å². The van der Waals surface area contributed by atoms with Crippen LogP contribution in [0.15, 0.2) is 24.3 Å². The van der Waals surface area contributed by atoms with Crippen molar-refractivity contribution in [3.63, 3.8) is 0 Å². The molecule has 0 aliphatic carbocycles. The van der Waals surface area contributed by atoms with Gasteiger partial charge in [-0.2, -0.15) is 0 Å². The second kappa shape index (κ2) is 5.09. The van der Waals surface area contributed by atoms with Crippen LogP contribution in [0.3, 0.4) is 0 Å². The van der Waals surface area contributed by atoms with Crippen LogP contribution in [0.25, 0.3) is 0 Å². The molecule has 1 saturated heterocycles. The predicted molar refractivity (Wildman–Crippen MR) is 74.7 cm³/mol. The highest BCUT2D eigenvalue weighted by Crippen LogP contribution is 2.24. The van der Waals surface area contributed by atoms with E-state index in [9.17, 15) is 0 Å². The Morgan fingerprint density at radius 3 is 2.41 bits per heavy atom. The largest absolute Gasteiger partial charge is 0.368 e. The number of piperazine rings is 1. The van der Waals surface area contributed by atoms with Crippen molar-refractivity contribution in [1.82, 2.24) is 5.32 Å². The maximum absolute atomic E-state index is 3.70. The molecule has 0 saturated carbocycles. The maximum Gasteiger partial charge on any atom is 0.0367 e. The highest BCUT2D eigenvalue weighted by Gasteiger charge is 2.31. The van der Waals surface area contributed by atoms with Gasteiger partial charge in [0, 0.05) is 30.9 Å². The summed E-state index contributed by atoms with van der Waals surface area (Å²) in [4.78, 5) is 2.52. The summed E-state index contributed by atoms with van der Waals surface area (Å²) in [5, 5.41) is 3.70. The number of nitrogens with zero attached hydrogens (tertiary/aromatic N) is 1. The second-order valence-electron chi connectivity index (χ2n) is 5.17. The van der Waals surface area contributed by atoms with Gasteiger partial charge in [-0.05, 0) is 31.9 Å². The van der Waals surface area contributed by atoms with Gasteiger partial charge in [0.1, 0.15) is 0 Å². The summed E-state index contributed by atoms with van der Waals surface area (Å²) >= 11 is 0. The zero-order valence-electron chi connectivity index (χ0n) is 11.3. The van der Waals surface area contributed by atoms with Crippen molar-refractivity contribution < 1.29 is 0 Å². The molecule has 17 heavy (non-hydrogen) atoms. The van der Waals surface area contributed by atoms with Crippen molar-refractivity contribution in [3.8, 4) is 0 Å². The fourth-order valence-corrected chi connectivity index (χ4v) is 2.66. The fraction of sp³-hybridized carbons (Fsp3) is 0.600. The number of hydrogen-bond donors (Lipinski definition) is 1. The van der Waals surface area contributed by atoms with Crippen molar-refractivity contribution in [2.75, 3.05) is 24.5 Å². The van der Waals surface area contributed by atoms with E-state index in [4.69, 9.17) is 0 Å². The average molecular weight is 232 g/mol. The van der Waals surface area contributed by atoms with Gasteiger partial charge < -0.3 is 10.2 Å². The molecule has 2 heteroatoms. The normalized spacial score (nSPS) is 19.4. The molecule has 94 valence electrons. The fourth-order valence-electron chi connectivity index (χ4n) is 2.66. The molecule has 0 radical (unpaired) electrons. The van der Waals surface area contributed by atoms with Gasteiger partial charge in [-0.1, -0.05) is 31.5 Å². The Labute approximate surface area is 105 Å². The van der Waals surface area contributed by atoms with E-state index in [1.54, 1.807) is 0 Å². The van der Waals surface area contributed by atoms with E-state index in [1.165, 1.54) is 24.1 Å². The van der Waals surface area contributed by atoms with Gasteiger partial charge in [-0.3, -0.25) is 0 Å². The molecular weight excluding hydrogens is 208 g/mol. The molecule has 1 aliphatic rings. The standard InChI is InChI=1S/C15H24N2/c1-4-15(5-2)12-17(11-10-16-15)14-8-6-13(3)7-9-14/h6-9,16H,4-5,10-12H2,1-3H3. The lowest BCUT2D eigenvalue weighted by Gasteiger charge is -2.44. The topological polar surface area (TPSA) is 15.3 Å². The van der Waals surface area contributed by atoms with E-state index in [2.05, 4.69) is 55.3 Å². The third-order valence-electron chi connectivity index (χ3n) is 4.13. The summed E-state index contributed by atoms with van der Waals surface area (Å²) in [5.41, 5.74) is 3.01. The molecule has 1 heterocycles. The van der Waals surface area contributed by atoms with Gasteiger partial charge in [-0.25, -0.2) is 0 Å². The van der Waals surface area contributed by atoms with Crippen LogP contribution in [-0.4, -0.2) is 25.2 Å². The van der Waals surface area contributed by atoms with Crippen molar-refractivity contribution in [1.29, 1.82) is 0 Å². The summed E-state index contributed by atoms with van der Waals surface area (Å²) in [6.07, 6.45) is 2.40. The average Bonchev–Trinajstić information content (AvgIpc) is 2.39. The SMILES string of the molecule is CCC1(CC)CN(c2ccc(C)cc2)CCN1. The highest BCUT2D eigenvalue weighted by atomic mass is 15.2. The lowest BCUT2D eigenvalue weighted by Crippen LogP contribution is -2.60. The minimum Gasteiger partial charge on any atom is -0.368 e. The second-order valence-corrected chi connectivity index (χ2v) is 5.17. The number of benzene rings is 1. The lowest BCUT2D eigenvalue weighted by molar-refractivity contribution is 0.277. The van der Waals surface area contributed by atoms with E-state index in [-0.39, 0.29) is 0 Å². The van der Waals surface area contributed by atoms with E-state index >= 15 is 0 Å². The number of anilines is 1. The molecule has 2 rings (SSSR count). The highest BCUT2D eigenvalue weighted by molar-refractivity contribution is 5.48. The first-order valence-electron chi connectivity index (χ1n) is 6.76. The summed E-state index contributed by atoms with van der Waals surface area (Å²) in [6.45, 7) is 10.1. The van der Waals surface area contributed by atoms with Gasteiger partial charge in [0.25, 0.3) is 0 Å². The number of aryl methyl sites for hydroxylation is 1. The van der Waals surface area contributed by atoms with Gasteiger partial charge in [0.2, 0.25) is 0 Å². The van der Waals surface area contributed by atoms with Crippen LogP contribution in [0.1, 0.15) is 32.3 Å². The molecule has 0 unspecified atom stereocenters. The molecule has 0 aromatic heterocycles. The first kappa shape index (κ1) is 12.4. The maximum atomic E-state index is 3.70. The number of hydrogen-bond acceptors (Lipinski definition) is 2. The van der Waals surface area contributed by atoms with E-state index < -0.39 is 0 Å². The van der Waals surface area contributed by atoms with E-state index in [1.807, 2.05) is 0 Å². The molecule has 0 amide bonds. The van der Waals surface area contributed by atoms with Gasteiger partial charge in [-0.15, -0.1) is 0 Å². The van der Waals surface area contributed by atoms with Crippen LogP contribution in [0.5, 0.6) is 0 Å². The van der Waals surface area contributed by atoms with Crippen LogP contribution in [0, 0.1) is 6.92 Å². The Morgan fingerprint density at radius 2 is 1.82 bits per heavy atom. The summed E-state index contributed by atoms with van der Waals surface area (Å²) < 4.78 is 0. The Kier molecular flexibility index (Phi) is 3.72. The molecule has 1 fully saturated rings. The molecule has 0 bridgehead atoms. The monoisotopic (exact) mass is 232 g/mol. The number of rotatable bonds is 3. The van der Waals surface area contributed by atoms with Crippen LogP contribution in [0.4, 0.5) is 5.69 Å². The third-order valence-corrected chi connectivity index (χ3v) is 4.13. The zero-order valence-corrected chi connectivity index (χ0v) is 11.3. The van der Waals surface area contributed by atoms with Crippen molar-refractivity contribution in [2.45, 2.75) is 39.2 Å². The predicted octanol–water partition coefficient (Wildman–Crippen LogP) is 2.96. The van der Waals surface area contributed by atoms with E-state index in [0.717, 1.165) is 19.6 Å². The molecule has 1 aromatic carbocycles. The smallest absolute Gasteiger partial charge is 0.0367 e. The van der Waals surface area contributed by atoms with Crippen LogP contribution >= 0.6 is 0 Å². The van der Waals surface area contributed by atoms with E-state index in [0.29, 0.717) is 5.54 Å². The van der Waals surface area contributed by atoms with Crippen LogP contribution in [0.2, 0.25) is 0 Å². The summed E-state index contributed by atoms with van der Waals surface area (Å²) in [7, 11) is 0. The first-order chi connectivity index (χ1) is 8.19. The molecule has 0 atom stereocenters. The van der Waals surface area contributed by atoms with Crippen LogP contribution < -0.4 is 10.2 Å². The Bertz CT molecular complexity index is 352. The molecule has 1 N–H and O–H groups in total. The Morgan fingerprint density at radius 1 is 1.18 bits per heavy atom. The Hall–Kier alpha value is -1.02. The zero-order chi connectivity index (χ0) is 12.3. The minimum atomic E-state index is 0.309. The summed E-state index contributed by atoms with van der Waals surface area (Å²) in [6, 6.07) is 8.90. The molecule has 1 aliphatic heterocycles. The minimum absolute atomic E-state index is 0.309. The molecule has 1 aromatic rings. The molecule has 0 spiro atoms. The number of nitrogens with one attached hydrogen (secondary N) is 1. The van der Waals surface area contributed by atoms with Crippen LogP contribution in [-0.2, 0) is 0 Å².